The highest BCUT2D eigenvalue weighted by Gasteiger charge is 2.20. The molecule has 0 radical (unpaired) electrons. The van der Waals surface area contributed by atoms with Crippen LogP contribution in [0.15, 0.2) is 22.7 Å². The summed E-state index contributed by atoms with van der Waals surface area (Å²) in [4.78, 5) is 0. The molecular weight excluding hydrogens is 250 g/mol. The van der Waals surface area contributed by atoms with Gasteiger partial charge in [0.1, 0.15) is 0 Å². The molecule has 0 bridgehead atoms. The van der Waals surface area contributed by atoms with Crippen molar-refractivity contribution in [3.8, 4) is 6.07 Å². The molecule has 2 heteroatoms. The van der Waals surface area contributed by atoms with Crippen LogP contribution in [0.4, 0.5) is 0 Å². The Kier molecular flexibility index (Phi) is 3.57. The fraction of sp³-hybridized carbons (Fsp3) is 0.462. The smallest absolute Gasteiger partial charge is 0.0701 e. The third-order valence-electron chi connectivity index (χ3n) is 2.48. The van der Waals surface area contributed by atoms with Gasteiger partial charge in [-0.05, 0) is 35.6 Å². The van der Waals surface area contributed by atoms with E-state index in [9.17, 15) is 0 Å². The van der Waals surface area contributed by atoms with E-state index in [4.69, 9.17) is 5.26 Å². The normalized spacial score (nSPS) is 13.3. The van der Waals surface area contributed by atoms with Crippen LogP contribution < -0.4 is 0 Å². The van der Waals surface area contributed by atoms with Gasteiger partial charge >= 0.3 is 0 Å². The first kappa shape index (κ1) is 12.3. The fourth-order valence-electron chi connectivity index (χ4n) is 1.64. The van der Waals surface area contributed by atoms with Crippen LogP contribution in [0.5, 0.6) is 0 Å². The Bertz CT molecular complexity index is 396. The lowest BCUT2D eigenvalue weighted by Gasteiger charge is -2.24. The van der Waals surface area contributed by atoms with Crippen LogP contribution in [0.2, 0.25) is 0 Å². The van der Waals surface area contributed by atoms with E-state index in [0.29, 0.717) is 0 Å². The zero-order valence-corrected chi connectivity index (χ0v) is 11.2. The van der Waals surface area contributed by atoms with Gasteiger partial charge in [0.05, 0.1) is 12.0 Å². The van der Waals surface area contributed by atoms with Crippen LogP contribution in [0, 0.1) is 11.3 Å². The molecule has 80 valence electrons. The maximum atomic E-state index is 9.00. The number of nitriles is 1. The number of rotatable bonds is 1. The molecule has 1 aromatic carbocycles. The van der Waals surface area contributed by atoms with Crippen molar-refractivity contribution in [1.82, 2.24) is 0 Å². The zero-order chi connectivity index (χ0) is 11.6. The van der Waals surface area contributed by atoms with Crippen molar-refractivity contribution in [3.05, 3.63) is 33.8 Å². The van der Waals surface area contributed by atoms with Crippen molar-refractivity contribution in [2.24, 2.45) is 0 Å². The van der Waals surface area contributed by atoms with E-state index < -0.39 is 0 Å². The number of nitrogens with zero attached hydrogens (tertiary/aromatic N) is 1. The van der Waals surface area contributed by atoms with Gasteiger partial charge in [-0.2, -0.15) is 5.26 Å². The standard InChI is InChI=1S/C13H16BrN/c1-9(8-15)11-7-10(14)5-6-12(11)13(2,3)4/h5-7,9H,1-4H3. The molecule has 0 fully saturated rings. The summed E-state index contributed by atoms with van der Waals surface area (Å²) in [6.45, 7) is 8.45. The number of benzene rings is 1. The quantitative estimate of drug-likeness (QED) is 0.740. The van der Waals surface area contributed by atoms with E-state index in [0.717, 1.165) is 10.0 Å². The van der Waals surface area contributed by atoms with Gasteiger partial charge in [-0.25, -0.2) is 0 Å². The molecule has 0 saturated carbocycles. The first-order valence-electron chi connectivity index (χ1n) is 5.06. The molecule has 0 N–H and O–H groups in total. The largest absolute Gasteiger partial charge is 0.198 e. The number of halogens is 1. The summed E-state index contributed by atoms with van der Waals surface area (Å²) in [5.41, 5.74) is 2.46. The van der Waals surface area contributed by atoms with Crippen molar-refractivity contribution >= 4 is 15.9 Å². The van der Waals surface area contributed by atoms with Gasteiger partial charge in [-0.15, -0.1) is 0 Å². The second-order valence-corrected chi connectivity index (χ2v) is 5.75. The molecule has 0 spiro atoms. The Morgan fingerprint density at radius 1 is 1.33 bits per heavy atom. The van der Waals surface area contributed by atoms with E-state index in [1.807, 2.05) is 13.0 Å². The Balaban J connectivity index is 3.35. The van der Waals surface area contributed by atoms with E-state index in [1.165, 1.54) is 5.56 Å². The minimum Gasteiger partial charge on any atom is -0.198 e. The van der Waals surface area contributed by atoms with Crippen molar-refractivity contribution in [3.63, 3.8) is 0 Å². The first-order valence-corrected chi connectivity index (χ1v) is 5.85. The molecule has 0 aromatic heterocycles. The minimum absolute atomic E-state index is 0.0586. The van der Waals surface area contributed by atoms with Crippen molar-refractivity contribution in [2.45, 2.75) is 39.0 Å². The van der Waals surface area contributed by atoms with Crippen molar-refractivity contribution < 1.29 is 0 Å². The lowest BCUT2D eigenvalue weighted by Crippen LogP contribution is -2.15. The topological polar surface area (TPSA) is 23.8 Å². The van der Waals surface area contributed by atoms with Gasteiger partial charge < -0.3 is 0 Å². The number of hydrogen-bond donors (Lipinski definition) is 0. The van der Waals surface area contributed by atoms with Gasteiger partial charge in [0.2, 0.25) is 0 Å². The highest BCUT2D eigenvalue weighted by molar-refractivity contribution is 9.10. The summed E-state index contributed by atoms with van der Waals surface area (Å²) in [7, 11) is 0. The molecular formula is C13H16BrN. The minimum atomic E-state index is -0.0586. The Morgan fingerprint density at radius 2 is 1.93 bits per heavy atom. The van der Waals surface area contributed by atoms with E-state index >= 15 is 0 Å². The lowest BCUT2D eigenvalue weighted by atomic mass is 9.81. The maximum absolute atomic E-state index is 9.00. The molecule has 1 unspecified atom stereocenters. The summed E-state index contributed by atoms with van der Waals surface area (Å²) < 4.78 is 1.03. The van der Waals surface area contributed by atoms with Crippen LogP contribution in [0.1, 0.15) is 44.7 Å². The van der Waals surface area contributed by atoms with Gasteiger partial charge in [0.25, 0.3) is 0 Å². The highest BCUT2D eigenvalue weighted by Crippen LogP contribution is 2.32. The third-order valence-corrected chi connectivity index (χ3v) is 2.98. The molecule has 1 atom stereocenters. The predicted octanol–water partition coefficient (Wildman–Crippen LogP) is 4.37. The molecule has 1 rings (SSSR count). The van der Waals surface area contributed by atoms with Crippen molar-refractivity contribution in [2.75, 3.05) is 0 Å². The molecule has 0 saturated heterocycles. The highest BCUT2D eigenvalue weighted by atomic mass is 79.9. The van der Waals surface area contributed by atoms with Gasteiger partial charge in [-0.1, -0.05) is 42.8 Å². The summed E-state index contributed by atoms with van der Waals surface area (Å²) in [6.07, 6.45) is 0. The van der Waals surface area contributed by atoms with E-state index in [-0.39, 0.29) is 11.3 Å². The summed E-state index contributed by atoms with van der Waals surface area (Å²) >= 11 is 3.45. The number of hydrogen-bond acceptors (Lipinski definition) is 1. The molecule has 0 aliphatic heterocycles. The summed E-state index contributed by atoms with van der Waals surface area (Å²) in [5, 5.41) is 9.00. The third kappa shape index (κ3) is 2.82. The van der Waals surface area contributed by atoms with Gasteiger partial charge in [-0.3, -0.25) is 0 Å². The van der Waals surface area contributed by atoms with Crippen LogP contribution in [-0.2, 0) is 5.41 Å². The Labute approximate surface area is 100 Å². The predicted molar refractivity (Wildman–Crippen MR) is 66.9 cm³/mol. The second-order valence-electron chi connectivity index (χ2n) is 4.83. The van der Waals surface area contributed by atoms with Crippen LogP contribution in [0.3, 0.4) is 0 Å². The maximum Gasteiger partial charge on any atom is 0.0701 e. The Hall–Kier alpha value is -0.810. The van der Waals surface area contributed by atoms with Crippen LogP contribution in [0.25, 0.3) is 0 Å². The molecule has 15 heavy (non-hydrogen) atoms. The van der Waals surface area contributed by atoms with Crippen molar-refractivity contribution in [1.29, 1.82) is 5.26 Å². The summed E-state index contributed by atoms with van der Waals surface area (Å²) in [6, 6.07) is 8.49. The average Bonchev–Trinajstić information content (AvgIpc) is 2.14. The SMILES string of the molecule is CC(C#N)c1cc(Br)ccc1C(C)(C)C. The molecule has 0 heterocycles. The molecule has 0 aliphatic carbocycles. The van der Waals surface area contributed by atoms with Gasteiger partial charge in [0, 0.05) is 4.47 Å². The molecule has 0 amide bonds. The van der Waals surface area contributed by atoms with Crippen LogP contribution >= 0.6 is 15.9 Å². The lowest BCUT2D eigenvalue weighted by molar-refractivity contribution is 0.580. The van der Waals surface area contributed by atoms with E-state index in [1.54, 1.807) is 0 Å². The average molecular weight is 266 g/mol. The van der Waals surface area contributed by atoms with Gasteiger partial charge in [0.15, 0.2) is 0 Å². The van der Waals surface area contributed by atoms with Crippen LogP contribution in [-0.4, -0.2) is 0 Å². The molecule has 1 nitrogen and oxygen atoms in total. The van der Waals surface area contributed by atoms with E-state index in [2.05, 4.69) is 54.9 Å². The fourth-order valence-corrected chi connectivity index (χ4v) is 2.02. The molecule has 1 aromatic rings. The zero-order valence-electron chi connectivity index (χ0n) is 9.63. The second kappa shape index (κ2) is 4.37. The molecule has 0 aliphatic rings. The monoisotopic (exact) mass is 265 g/mol. The summed E-state index contributed by atoms with van der Waals surface area (Å²) in [5.74, 6) is -0.0586. The Morgan fingerprint density at radius 3 is 2.40 bits per heavy atom. The first-order chi connectivity index (χ1) is 6.86.